The van der Waals surface area contributed by atoms with Crippen molar-refractivity contribution in [2.75, 3.05) is 0 Å². The first-order chi connectivity index (χ1) is 9.16. The number of hydrogen-bond acceptors (Lipinski definition) is 3. The number of halogens is 2. The molecular formula is C12H8F2N4O. The Morgan fingerprint density at radius 2 is 2.00 bits per heavy atom. The van der Waals surface area contributed by atoms with Crippen LogP contribution in [0.4, 0.5) is 8.78 Å². The summed E-state index contributed by atoms with van der Waals surface area (Å²) >= 11 is 0. The summed E-state index contributed by atoms with van der Waals surface area (Å²) in [7, 11) is 0. The molecule has 0 saturated carbocycles. The first-order valence-electron chi connectivity index (χ1n) is 5.48. The maximum absolute atomic E-state index is 13.5. The Morgan fingerprint density at radius 1 is 1.26 bits per heavy atom. The lowest BCUT2D eigenvalue weighted by Gasteiger charge is -2.07. The zero-order chi connectivity index (χ0) is 13.4. The van der Waals surface area contributed by atoms with Gasteiger partial charge in [0, 0.05) is 5.56 Å². The van der Waals surface area contributed by atoms with Gasteiger partial charge in [-0.3, -0.25) is 14.5 Å². The highest BCUT2D eigenvalue weighted by atomic mass is 19.1. The van der Waals surface area contributed by atoms with Crippen LogP contribution in [0.5, 0.6) is 0 Å². The van der Waals surface area contributed by atoms with Gasteiger partial charge < -0.3 is 0 Å². The van der Waals surface area contributed by atoms with Gasteiger partial charge in [-0.2, -0.15) is 5.10 Å². The van der Waals surface area contributed by atoms with E-state index in [9.17, 15) is 13.6 Å². The molecule has 7 heteroatoms. The van der Waals surface area contributed by atoms with E-state index in [1.165, 1.54) is 18.6 Å². The van der Waals surface area contributed by atoms with Crippen LogP contribution >= 0.6 is 0 Å². The van der Waals surface area contributed by atoms with Crippen LogP contribution in [-0.2, 0) is 6.54 Å². The van der Waals surface area contributed by atoms with Gasteiger partial charge in [0.15, 0.2) is 5.65 Å². The molecule has 0 radical (unpaired) electrons. The number of aromatic nitrogens is 4. The molecular weight excluding hydrogens is 254 g/mol. The molecule has 19 heavy (non-hydrogen) atoms. The quantitative estimate of drug-likeness (QED) is 0.760. The zero-order valence-corrected chi connectivity index (χ0v) is 9.60. The third kappa shape index (κ3) is 1.88. The summed E-state index contributed by atoms with van der Waals surface area (Å²) in [5.74, 6) is -1.39. The molecule has 0 unspecified atom stereocenters. The summed E-state index contributed by atoms with van der Waals surface area (Å²) in [6.07, 6.45) is 2.56. The SMILES string of the molecule is O=c1c2cn[nH]c2ncn1Cc1c(F)cccc1F. The van der Waals surface area contributed by atoms with Crippen LogP contribution in [0.2, 0.25) is 0 Å². The number of benzene rings is 1. The van der Waals surface area contributed by atoms with E-state index >= 15 is 0 Å². The van der Waals surface area contributed by atoms with Gasteiger partial charge in [0.1, 0.15) is 23.3 Å². The molecule has 0 bridgehead atoms. The number of hydrogen-bond donors (Lipinski definition) is 1. The van der Waals surface area contributed by atoms with Crippen LogP contribution in [0.3, 0.4) is 0 Å². The Bertz CT molecular complexity index is 789. The van der Waals surface area contributed by atoms with Crippen molar-refractivity contribution >= 4 is 11.0 Å². The molecule has 0 aliphatic rings. The minimum Gasteiger partial charge on any atom is -0.294 e. The highest BCUT2D eigenvalue weighted by molar-refractivity contribution is 5.71. The molecule has 0 atom stereocenters. The lowest BCUT2D eigenvalue weighted by atomic mass is 10.2. The van der Waals surface area contributed by atoms with Gasteiger partial charge in [0.25, 0.3) is 5.56 Å². The Hall–Kier alpha value is -2.57. The average molecular weight is 262 g/mol. The van der Waals surface area contributed by atoms with Crippen molar-refractivity contribution in [3.63, 3.8) is 0 Å². The van der Waals surface area contributed by atoms with E-state index in [0.717, 1.165) is 16.7 Å². The number of nitrogens with zero attached hydrogens (tertiary/aromatic N) is 3. The lowest BCUT2D eigenvalue weighted by Crippen LogP contribution is -2.21. The fourth-order valence-electron chi connectivity index (χ4n) is 1.84. The summed E-state index contributed by atoms with van der Waals surface area (Å²) in [5.41, 5.74) is -0.231. The van der Waals surface area contributed by atoms with E-state index < -0.39 is 17.2 Å². The molecule has 0 amide bonds. The Labute approximate surface area is 105 Å². The molecule has 0 fully saturated rings. The van der Waals surface area contributed by atoms with Gasteiger partial charge in [-0.25, -0.2) is 13.8 Å². The van der Waals surface area contributed by atoms with Crippen LogP contribution in [0.1, 0.15) is 5.56 Å². The first-order valence-corrected chi connectivity index (χ1v) is 5.48. The minimum absolute atomic E-state index is 0.172. The van der Waals surface area contributed by atoms with Crippen LogP contribution in [0.15, 0.2) is 35.5 Å². The van der Waals surface area contributed by atoms with Crippen molar-refractivity contribution in [3.05, 3.63) is 58.3 Å². The monoisotopic (exact) mass is 262 g/mol. The Morgan fingerprint density at radius 3 is 2.74 bits per heavy atom. The Balaban J connectivity index is 2.11. The molecule has 5 nitrogen and oxygen atoms in total. The molecule has 0 spiro atoms. The van der Waals surface area contributed by atoms with Crippen LogP contribution < -0.4 is 5.56 Å². The molecule has 3 rings (SSSR count). The molecule has 0 saturated heterocycles. The number of aromatic amines is 1. The van der Waals surface area contributed by atoms with Gasteiger partial charge in [0.05, 0.1) is 12.7 Å². The average Bonchev–Trinajstić information content (AvgIpc) is 2.85. The number of rotatable bonds is 2. The smallest absolute Gasteiger partial charge is 0.264 e. The normalized spacial score (nSPS) is 11.1. The van der Waals surface area contributed by atoms with Gasteiger partial charge >= 0.3 is 0 Å². The van der Waals surface area contributed by atoms with Crippen LogP contribution in [-0.4, -0.2) is 19.7 Å². The van der Waals surface area contributed by atoms with E-state index in [2.05, 4.69) is 15.2 Å². The van der Waals surface area contributed by atoms with E-state index in [0.29, 0.717) is 5.65 Å². The maximum Gasteiger partial charge on any atom is 0.264 e. The van der Waals surface area contributed by atoms with Gasteiger partial charge in [-0.05, 0) is 12.1 Å². The van der Waals surface area contributed by atoms with Crippen molar-refractivity contribution in [1.29, 1.82) is 0 Å². The molecule has 0 aliphatic heterocycles. The van der Waals surface area contributed by atoms with Crippen LogP contribution in [0.25, 0.3) is 11.0 Å². The van der Waals surface area contributed by atoms with Crippen molar-refractivity contribution in [3.8, 4) is 0 Å². The third-order valence-corrected chi connectivity index (χ3v) is 2.83. The highest BCUT2D eigenvalue weighted by Crippen LogP contribution is 2.13. The molecule has 96 valence electrons. The summed E-state index contributed by atoms with van der Waals surface area (Å²) in [4.78, 5) is 16.0. The summed E-state index contributed by atoms with van der Waals surface area (Å²) in [5, 5.41) is 6.53. The third-order valence-electron chi connectivity index (χ3n) is 2.83. The number of nitrogens with one attached hydrogen (secondary N) is 1. The highest BCUT2D eigenvalue weighted by Gasteiger charge is 2.11. The largest absolute Gasteiger partial charge is 0.294 e. The van der Waals surface area contributed by atoms with E-state index in [1.807, 2.05) is 0 Å². The van der Waals surface area contributed by atoms with E-state index in [4.69, 9.17) is 0 Å². The van der Waals surface area contributed by atoms with E-state index in [-0.39, 0.29) is 17.5 Å². The van der Waals surface area contributed by atoms with Crippen molar-refractivity contribution in [1.82, 2.24) is 19.7 Å². The Kier molecular flexibility index (Phi) is 2.59. The summed E-state index contributed by atoms with van der Waals surface area (Å²) in [6.45, 7) is -0.217. The molecule has 2 aromatic heterocycles. The van der Waals surface area contributed by atoms with Crippen molar-refractivity contribution in [2.45, 2.75) is 6.54 Å². The van der Waals surface area contributed by atoms with E-state index in [1.54, 1.807) is 0 Å². The second-order valence-corrected chi connectivity index (χ2v) is 4.01. The van der Waals surface area contributed by atoms with Gasteiger partial charge in [-0.15, -0.1) is 0 Å². The number of H-pyrrole nitrogens is 1. The minimum atomic E-state index is -0.695. The molecule has 3 aromatic rings. The summed E-state index contributed by atoms with van der Waals surface area (Å²) < 4.78 is 28.2. The predicted octanol–water partition coefficient (Wildman–Crippen LogP) is 1.45. The topological polar surface area (TPSA) is 63.6 Å². The molecule has 1 aromatic carbocycles. The second-order valence-electron chi connectivity index (χ2n) is 4.01. The zero-order valence-electron chi connectivity index (χ0n) is 9.60. The fraction of sp³-hybridized carbons (Fsp3) is 0.0833. The van der Waals surface area contributed by atoms with Gasteiger partial charge in [0.2, 0.25) is 0 Å². The molecule has 0 aliphatic carbocycles. The predicted molar refractivity (Wildman–Crippen MR) is 63.6 cm³/mol. The standard InChI is InChI=1S/C12H8F2N4O/c13-9-2-1-3-10(14)8(9)5-18-6-15-11-7(12(18)19)4-16-17-11/h1-4,6H,5H2,(H,16,17). The summed E-state index contributed by atoms with van der Waals surface area (Å²) in [6, 6.07) is 3.56. The second kappa shape index (κ2) is 4.27. The number of fused-ring (bicyclic) bond motifs is 1. The molecule has 2 heterocycles. The van der Waals surface area contributed by atoms with Crippen LogP contribution in [0, 0.1) is 11.6 Å². The van der Waals surface area contributed by atoms with Gasteiger partial charge in [-0.1, -0.05) is 6.07 Å². The van der Waals surface area contributed by atoms with Crippen molar-refractivity contribution in [2.24, 2.45) is 0 Å². The van der Waals surface area contributed by atoms with Crippen molar-refractivity contribution < 1.29 is 8.78 Å². The first kappa shape index (κ1) is 11.5. The lowest BCUT2D eigenvalue weighted by molar-refractivity contribution is 0.541. The maximum atomic E-state index is 13.5. The fourth-order valence-corrected chi connectivity index (χ4v) is 1.84. The molecule has 1 N–H and O–H groups in total.